The van der Waals surface area contributed by atoms with Crippen LogP contribution in [0.3, 0.4) is 0 Å². The van der Waals surface area contributed by atoms with Gasteiger partial charge in [0.25, 0.3) is 0 Å². The van der Waals surface area contributed by atoms with E-state index in [-0.39, 0.29) is 50.4 Å². The number of aliphatic hydroxyl groups is 1. The first-order chi connectivity index (χ1) is 18.9. The zero-order chi connectivity index (χ0) is 30.9. The Labute approximate surface area is 238 Å². The number of halogens is 6. The molecule has 0 amide bonds. The number of ether oxygens (including phenoxy) is 3. The van der Waals surface area contributed by atoms with Crippen LogP contribution in [0, 0.1) is 12.8 Å². The molecule has 1 atom stereocenters. The lowest BCUT2D eigenvalue weighted by Gasteiger charge is -2.25. The zero-order valence-electron chi connectivity index (χ0n) is 22.4. The van der Waals surface area contributed by atoms with Gasteiger partial charge < -0.3 is 23.5 Å². The SMILES string of the molecule is COc1c([C@@H](O)CC(C)C)ccc2c1C(=O)OCc1c(Cl)c(C)cc(OS(=O)(=O)CCCC(F)(F)C(F)(F)F)c1O2. The minimum Gasteiger partial charge on any atom is -0.495 e. The van der Waals surface area contributed by atoms with Crippen LogP contribution >= 0.6 is 11.6 Å². The van der Waals surface area contributed by atoms with E-state index >= 15 is 0 Å². The van der Waals surface area contributed by atoms with Crippen molar-refractivity contribution in [2.75, 3.05) is 12.9 Å². The Kier molecular flexibility index (Phi) is 9.71. The molecule has 8 nitrogen and oxygen atoms in total. The molecule has 1 aliphatic rings. The van der Waals surface area contributed by atoms with E-state index < -0.39 is 65.2 Å². The van der Waals surface area contributed by atoms with Gasteiger partial charge in [0.05, 0.1) is 29.6 Å². The molecule has 0 unspecified atom stereocenters. The third-order valence-electron chi connectivity index (χ3n) is 6.14. The quantitative estimate of drug-likeness (QED) is 0.172. The number of rotatable bonds is 10. The Morgan fingerprint density at radius 1 is 1.17 bits per heavy atom. The predicted octanol–water partition coefficient (Wildman–Crippen LogP) is 6.89. The minimum atomic E-state index is -5.83. The first-order valence-corrected chi connectivity index (χ1v) is 14.3. The molecule has 2 aromatic carbocycles. The number of benzene rings is 2. The van der Waals surface area contributed by atoms with Gasteiger partial charge in [-0.25, -0.2) is 4.79 Å². The molecule has 0 bridgehead atoms. The predicted molar refractivity (Wildman–Crippen MR) is 137 cm³/mol. The summed E-state index contributed by atoms with van der Waals surface area (Å²) in [7, 11) is -3.44. The fraction of sp³-hybridized carbons (Fsp3) is 0.500. The molecule has 1 heterocycles. The maximum Gasteiger partial charge on any atom is 0.453 e. The highest BCUT2D eigenvalue weighted by molar-refractivity contribution is 7.87. The number of hydrogen-bond acceptors (Lipinski definition) is 8. The summed E-state index contributed by atoms with van der Waals surface area (Å²) in [5.41, 5.74) is 0.350. The van der Waals surface area contributed by atoms with Gasteiger partial charge in [0.1, 0.15) is 23.7 Å². The number of methoxy groups -OCH3 is 1. The largest absolute Gasteiger partial charge is 0.495 e. The van der Waals surface area contributed by atoms with Crippen molar-refractivity contribution in [1.29, 1.82) is 0 Å². The number of aliphatic hydroxyl groups excluding tert-OH is 1. The van der Waals surface area contributed by atoms with E-state index in [1.165, 1.54) is 32.2 Å². The average molecular weight is 631 g/mol. The van der Waals surface area contributed by atoms with Gasteiger partial charge in [-0.1, -0.05) is 25.4 Å². The number of carbonyl (C=O) groups is 1. The van der Waals surface area contributed by atoms with E-state index in [1.807, 2.05) is 13.8 Å². The van der Waals surface area contributed by atoms with E-state index in [2.05, 4.69) is 0 Å². The summed E-state index contributed by atoms with van der Waals surface area (Å²) in [5.74, 6) is -7.99. The van der Waals surface area contributed by atoms with Crippen molar-refractivity contribution < 1.29 is 58.7 Å². The second-order valence-electron chi connectivity index (χ2n) is 9.85. The number of cyclic esters (lactones) is 1. The van der Waals surface area contributed by atoms with Crippen LogP contribution in [0.1, 0.15) is 66.3 Å². The topological polar surface area (TPSA) is 108 Å². The summed E-state index contributed by atoms with van der Waals surface area (Å²) in [6, 6.07) is 3.95. The smallest absolute Gasteiger partial charge is 0.453 e. The molecule has 0 radical (unpaired) electrons. The highest BCUT2D eigenvalue weighted by atomic mass is 35.5. The van der Waals surface area contributed by atoms with Crippen molar-refractivity contribution in [1.82, 2.24) is 0 Å². The van der Waals surface area contributed by atoms with Crippen molar-refractivity contribution in [2.24, 2.45) is 5.92 Å². The number of hydrogen-bond donors (Lipinski definition) is 1. The number of fused-ring (bicyclic) bond motifs is 2. The molecule has 0 aliphatic carbocycles. The summed E-state index contributed by atoms with van der Waals surface area (Å²) < 4.78 is 111. The molecule has 228 valence electrons. The molecule has 2 aromatic rings. The zero-order valence-corrected chi connectivity index (χ0v) is 24.0. The molecule has 1 aliphatic heterocycles. The van der Waals surface area contributed by atoms with Crippen molar-refractivity contribution >= 4 is 27.7 Å². The third-order valence-corrected chi connectivity index (χ3v) is 7.89. The van der Waals surface area contributed by atoms with Crippen molar-refractivity contribution in [3.63, 3.8) is 0 Å². The second kappa shape index (κ2) is 12.2. The van der Waals surface area contributed by atoms with Gasteiger partial charge in [0.2, 0.25) is 0 Å². The van der Waals surface area contributed by atoms with Gasteiger partial charge in [0.15, 0.2) is 11.5 Å². The van der Waals surface area contributed by atoms with Crippen LogP contribution < -0.4 is 13.7 Å². The number of carbonyl (C=O) groups excluding carboxylic acids is 1. The van der Waals surface area contributed by atoms with Crippen LogP contribution in [0.5, 0.6) is 23.0 Å². The van der Waals surface area contributed by atoms with Crippen LogP contribution in [0.2, 0.25) is 5.02 Å². The maximum atomic E-state index is 13.3. The van der Waals surface area contributed by atoms with E-state index in [9.17, 15) is 40.3 Å². The molecule has 0 fully saturated rings. The van der Waals surface area contributed by atoms with Crippen LogP contribution in [0.25, 0.3) is 0 Å². The number of esters is 1. The summed E-state index contributed by atoms with van der Waals surface area (Å²) in [5, 5.41) is 10.7. The van der Waals surface area contributed by atoms with Gasteiger partial charge in [-0.05, 0) is 49.4 Å². The molecule has 1 N–H and O–H groups in total. The summed E-state index contributed by atoms with van der Waals surface area (Å²) in [6.45, 7) is 4.75. The molecule has 41 heavy (non-hydrogen) atoms. The van der Waals surface area contributed by atoms with E-state index in [1.54, 1.807) is 0 Å². The fourth-order valence-corrected chi connectivity index (χ4v) is 5.31. The Morgan fingerprint density at radius 2 is 1.83 bits per heavy atom. The van der Waals surface area contributed by atoms with Crippen molar-refractivity contribution in [3.8, 4) is 23.0 Å². The van der Waals surface area contributed by atoms with Crippen LogP contribution in [0.4, 0.5) is 22.0 Å². The standard InChI is InChI=1S/C26H28ClF5O8S/c1-13(2)10-17(33)15-6-7-18-20(23(15)37-4)24(34)38-12-16-21(27)14(3)11-19(22(16)39-18)40-41(35,36)9-5-8-25(28,29)26(30,31)32/h6-7,11,13,17,33H,5,8-10,12H2,1-4H3/t17-/m0/s1. The van der Waals surface area contributed by atoms with Gasteiger partial charge in [-0.2, -0.15) is 30.4 Å². The van der Waals surface area contributed by atoms with Gasteiger partial charge >= 0.3 is 28.2 Å². The first kappa shape index (κ1) is 32.7. The molecule has 15 heteroatoms. The Morgan fingerprint density at radius 3 is 2.41 bits per heavy atom. The van der Waals surface area contributed by atoms with E-state index in [0.29, 0.717) is 6.42 Å². The average Bonchev–Trinajstić information content (AvgIpc) is 2.83. The summed E-state index contributed by atoms with van der Waals surface area (Å²) in [4.78, 5) is 13.0. The van der Waals surface area contributed by atoms with Crippen LogP contribution in [0.15, 0.2) is 18.2 Å². The molecule has 0 aromatic heterocycles. The van der Waals surface area contributed by atoms with Crippen molar-refractivity contribution in [2.45, 2.75) is 64.8 Å². The van der Waals surface area contributed by atoms with Gasteiger partial charge in [-0.3, -0.25) is 0 Å². The normalized spacial score (nSPS) is 14.8. The lowest BCUT2D eigenvalue weighted by molar-refractivity contribution is -0.284. The van der Waals surface area contributed by atoms with E-state index in [4.69, 9.17) is 30.0 Å². The number of aryl methyl sites for hydroxylation is 1. The Hall–Kier alpha value is -2.84. The number of alkyl halides is 5. The lowest BCUT2D eigenvalue weighted by atomic mass is 9.96. The molecule has 0 spiro atoms. The molecule has 3 rings (SSSR count). The van der Waals surface area contributed by atoms with Crippen LogP contribution in [-0.4, -0.2) is 44.5 Å². The molecule has 0 saturated carbocycles. The van der Waals surface area contributed by atoms with E-state index in [0.717, 1.165) is 0 Å². The summed E-state index contributed by atoms with van der Waals surface area (Å²) >= 11 is 6.38. The van der Waals surface area contributed by atoms with Crippen molar-refractivity contribution in [3.05, 3.63) is 45.5 Å². The lowest BCUT2D eigenvalue weighted by Crippen LogP contribution is -2.36. The molecule has 0 saturated heterocycles. The fourth-order valence-electron chi connectivity index (χ4n) is 4.14. The third kappa shape index (κ3) is 7.33. The molecular weight excluding hydrogens is 603 g/mol. The maximum absolute atomic E-state index is 13.3. The summed E-state index contributed by atoms with van der Waals surface area (Å²) in [6.07, 6.45) is -9.31. The molecular formula is C26H28ClF5O8S. The first-order valence-electron chi connectivity index (χ1n) is 12.3. The highest BCUT2D eigenvalue weighted by Crippen LogP contribution is 2.47. The monoisotopic (exact) mass is 630 g/mol. The van der Waals surface area contributed by atoms with Gasteiger partial charge in [0, 0.05) is 12.0 Å². The Balaban J connectivity index is 2.02. The highest BCUT2D eigenvalue weighted by Gasteiger charge is 2.56. The van der Waals surface area contributed by atoms with Crippen LogP contribution in [-0.2, 0) is 21.5 Å². The van der Waals surface area contributed by atoms with Gasteiger partial charge in [-0.15, -0.1) is 0 Å². The minimum absolute atomic E-state index is 0.0161. The second-order valence-corrected chi connectivity index (χ2v) is 11.9. The Bertz CT molecular complexity index is 1410.